The van der Waals surface area contributed by atoms with Gasteiger partial charge in [-0.3, -0.25) is 14.9 Å². The average molecular weight is 220 g/mol. The van der Waals surface area contributed by atoms with E-state index in [9.17, 15) is 14.9 Å². The molecule has 0 aliphatic rings. The van der Waals surface area contributed by atoms with Crippen LogP contribution in [0, 0.1) is 10.1 Å². The molecule has 0 heterocycles. The quantitative estimate of drug-likeness (QED) is 0.335. The molecule has 1 aromatic rings. The predicted octanol–water partition coefficient (Wildman–Crippen LogP) is 1.70. The minimum Gasteiger partial charge on any atom is -0.383 e. The lowest BCUT2D eigenvalue weighted by Gasteiger charge is -2.07. The zero-order chi connectivity index (χ0) is 12.1. The van der Waals surface area contributed by atoms with E-state index < -0.39 is 4.92 Å². The Morgan fingerprint density at radius 1 is 1.38 bits per heavy atom. The van der Waals surface area contributed by atoms with E-state index in [4.69, 9.17) is 0 Å². The van der Waals surface area contributed by atoms with Crippen molar-refractivity contribution in [2.24, 2.45) is 0 Å². The first kappa shape index (κ1) is 11.9. The van der Waals surface area contributed by atoms with Crippen molar-refractivity contribution in [2.45, 2.75) is 0 Å². The Morgan fingerprint density at radius 3 is 2.50 bits per heavy atom. The molecule has 0 saturated heterocycles. The van der Waals surface area contributed by atoms with Crippen LogP contribution in [0.25, 0.3) is 5.57 Å². The van der Waals surface area contributed by atoms with E-state index in [1.807, 2.05) is 0 Å². The second kappa shape index (κ2) is 5.06. The van der Waals surface area contributed by atoms with Gasteiger partial charge in [-0.15, -0.1) is 0 Å². The van der Waals surface area contributed by atoms with E-state index >= 15 is 0 Å². The molecule has 84 valence electrons. The zero-order valence-electron chi connectivity index (χ0n) is 9.08. The molecule has 0 aromatic heterocycles. The molecule has 1 aromatic carbocycles. The highest BCUT2D eigenvalue weighted by Gasteiger charge is 2.15. The van der Waals surface area contributed by atoms with Crippen molar-refractivity contribution in [1.82, 2.24) is 4.90 Å². The summed E-state index contributed by atoms with van der Waals surface area (Å²) in [6.45, 7) is 0. The first-order valence-electron chi connectivity index (χ1n) is 4.63. The number of carbonyl (C=O) groups is 1. The Morgan fingerprint density at radius 2 is 2.00 bits per heavy atom. The van der Waals surface area contributed by atoms with Crippen LogP contribution < -0.4 is 0 Å². The lowest BCUT2D eigenvalue weighted by atomic mass is 10.1. The molecule has 0 aliphatic heterocycles. The first-order valence-corrected chi connectivity index (χ1v) is 4.63. The Bertz CT molecular complexity index is 439. The molecule has 0 aliphatic carbocycles. The average Bonchev–Trinajstić information content (AvgIpc) is 2.25. The summed E-state index contributed by atoms with van der Waals surface area (Å²) in [6.07, 6.45) is 2.16. The van der Waals surface area contributed by atoms with Crippen LogP contribution in [0.2, 0.25) is 0 Å². The Labute approximate surface area is 93.1 Å². The molecular formula is C11H12N2O3. The number of carbonyl (C=O) groups excluding carboxylic acids is 1. The second-order valence-corrected chi connectivity index (χ2v) is 3.44. The molecule has 5 heteroatoms. The summed E-state index contributed by atoms with van der Waals surface area (Å²) >= 11 is 0. The third-order valence-electron chi connectivity index (χ3n) is 1.94. The molecule has 0 unspecified atom stereocenters. The van der Waals surface area contributed by atoms with Crippen molar-refractivity contribution in [2.75, 3.05) is 14.1 Å². The van der Waals surface area contributed by atoms with Crippen molar-refractivity contribution in [3.63, 3.8) is 0 Å². The normalized spacial score (nSPS) is 11.0. The van der Waals surface area contributed by atoms with Gasteiger partial charge >= 0.3 is 0 Å². The molecule has 0 saturated carbocycles. The van der Waals surface area contributed by atoms with Crippen LogP contribution in [0.3, 0.4) is 0 Å². The summed E-state index contributed by atoms with van der Waals surface area (Å²) < 4.78 is 0. The van der Waals surface area contributed by atoms with Crippen LogP contribution in [0.1, 0.15) is 5.56 Å². The van der Waals surface area contributed by atoms with Crippen molar-refractivity contribution in [3.05, 3.63) is 46.1 Å². The molecule has 0 N–H and O–H groups in total. The molecule has 16 heavy (non-hydrogen) atoms. The van der Waals surface area contributed by atoms with E-state index in [1.165, 1.54) is 6.07 Å². The lowest BCUT2D eigenvalue weighted by molar-refractivity contribution is -0.385. The monoisotopic (exact) mass is 220 g/mol. The van der Waals surface area contributed by atoms with Gasteiger partial charge < -0.3 is 4.90 Å². The zero-order valence-corrected chi connectivity index (χ0v) is 9.08. The first-order chi connectivity index (χ1) is 7.56. The summed E-state index contributed by atoms with van der Waals surface area (Å²) in [5.74, 6) is 0. The maximum absolute atomic E-state index is 10.9. The van der Waals surface area contributed by atoms with Gasteiger partial charge in [0.05, 0.1) is 10.5 Å². The minimum absolute atomic E-state index is 0.0669. The Hall–Kier alpha value is -2.17. The summed E-state index contributed by atoms with van der Waals surface area (Å²) in [4.78, 5) is 22.8. The molecule has 0 amide bonds. The van der Waals surface area contributed by atoms with Crippen LogP contribution in [-0.2, 0) is 4.79 Å². The number of allylic oxidation sites excluding steroid dienone is 1. The Balaban J connectivity index is 3.30. The number of para-hydroxylation sites is 1. The van der Waals surface area contributed by atoms with Gasteiger partial charge in [-0.05, 0) is 6.07 Å². The molecule has 5 nitrogen and oxygen atoms in total. The van der Waals surface area contributed by atoms with Gasteiger partial charge in [-0.25, -0.2) is 0 Å². The summed E-state index contributed by atoms with van der Waals surface area (Å²) in [6, 6.07) is 6.17. The molecule has 0 radical (unpaired) electrons. The van der Waals surface area contributed by atoms with E-state index in [-0.39, 0.29) is 11.3 Å². The third kappa shape index (κ3) is 2.66. The van der Waals surface area contributed by atoms with Crippen LogP contribution in [0.15, 0.2) is 30.5 Å². The number of benzene rings is 1. The smallest absolute Gasteiger partial charge is 0.277 e. The third-order valence-corrected chi connectivity index (χ3v) is 1.94. The number of nitro groups is 1. The van der Waals surface area contributed by atoms with E-state index in [0.717, 1.165) is 0 Å². The minimum atomic E-state index is -0.498. The van der Waals surface area contributed by atoms with Gasteiger partial charge in [0.1, 0.15) is 0 Å². The maximum Gasteiger partial charge on any atom is 0.277 e. The fourth-order valence-corrected chi connectivity index (χ4v) is 1.32. The van der Waals surface area contributed by atoms with Crippen molar-refractivity contribution >= 4 is 17.5 Å². The largest absolute Gasteiger partial charge is 0.383 e. The van der Waals surface area contributed by atoms with Gasteiger partial charge in [0, 0.05) is 31.9 Å². The number of nitrogens with zero attached hydrogens (tertiary/aromatic N) is 2. The van der Waals surface area contributed by atoms with Gasteiger partial charge in [0.2, 0.25) is 0 Å². The van der Waals surface area contributed by atoms with Crippen molar-refractivity contribution in [3.8, 4) is 0 Å². The van der Waals surface area contributed by atoms with E-state index in [1.54, 1.807) is 43.4 Å². The fourth-order valence-electron chi connectivity index (χ4n) is 1.32. The number of hydrogen-bond donors (Lipinski definition) is 0. The summed E-state index contributed by atoms with van der Waals surface area (Å²) in [5.41, 5.74) is 0.552. The second-order valence-electron chi connectivity index (χ2n) is 3.44. The topological polar surface area (TPSA) is 63.5 Å². The molecule has 0 atom stereocenters. The number of nitro benzene ring substituents is 1. The van der Waals surface area contributed by atoms with E-state index in [2.05, 4.69) is 0 Å². The SMILES string of the molecule is CN(C)/C=C(\C=O)c1ccccc1[N+](=O)[O-]. The maximum atomic E-state index is 10.9. The van der Waals surface area contributed by atoms with Crippen molar-refractivity contribution < 1.29 is 9.72 Å². The van der Waals surface area contributed by atoms with Crippen LogP contribution in [-0.4, -0.2) is 30.2 Å². The van der Waals surface area contributed by atoms with Gasteiger partial charge in [-0.2, -0.15) is 0 Å². The molecule has 0 spiro atoms. The number of hydrogen-bond acceptors (Lipinski definition) is 4. The van der Waals surface area contributed by atoms with Gasteiger partial charge in [-0.1, -0.05) is 12.1 Å². The molecule has 0 bridgehead atoms. The number of rotatable bonds is 4. The van der Waals surface area contributed by atoms with E-state index in [0.29, 0.717) is 11.8 Å². The highest BCUT2D eigenvalue weighted by molar-refractivity contribution is 6.08. The molecular weight excluding hydrogens is 208 g/mol. The lowest BCUT2D eigenvalue weighted by Crippen LogP contribution is -2.04. The molecule has 0 fully saturated rings. The highest BCUT2D eigenvalue weighted by atomic mass is 16.6. The molecule has 1 rings (SSSR count). The van der Waals surface area contributed by atoms with Crippen LogP contribution in [0.4, 0.5) is 5.69 Å². The van der Waals surface area contributed by atoms with Gasteiger partial charge in [0.15, 0.2) is 6.29 Å². The highest BCUT2D eigenvalue weighted by Crippen LogP contribution is 2.24. The summed E-state index contributed by atoms with van der Waals surface area (Å²) in [7, 11) is 3.50. The Kier molecular flexibility index (Phi) is 3.77. The number of aldehydes is 1. The van der Waals surface area contributed by atoms with Crippen molar-refractivity contribution in [1.29, 1.82) is 0 Å². The summed E-state index contributed by atoms with van der Waals surface area (Å²) in [5, 5.41) is 10.8. The van der Waals surface area contributed by atoms with Gasteiger partial charge in [0.25, 0.3) is 5.69 Å². The van der Waals surface area contributed by atoms with Crippen LogP contribution in [0.5, 0.6) is 0 Å². The predicted molar refractivity (Wildman–Crippen MR) is 60.8 cm³/mol. The fraction of sp³-hybridized carbons (Fsp3) is 0.182. The standard InChI is InChI=1S/C11H12N2O3/c1-12(2)7-9(8-14)10-5-3-4-6-11(10)13(15)16/h3-8H,1-2H3/b9-7+. The van der Waals surface area contributed by atoms with Crippen LogP contribution >= 0.6 is 0 Å².